The van der Waals surface area contributed by atoms with Crippen LogP contribution in [-0.4, -0.2) is 38.3 Å². The molecule has 0 spiro atoms. The molecule has 0 radical (unpaired) electrons. The Morgan fingerprint density at radius 2 is 1.89 bits per heavy atom. The molecule has 148 valence electrons. The van der Waals surface area contributed by atoms with Crippen LogP contribution in [0.4, 0.5) is 4.79 Å². The van der Waals surface area contributed by atoms with Crippen molar-refractivity contribution in [2.24, 2.45) is 5.92 Å². The lowest BCUT2D eigenvalue weighted by Gasteiger charge is -2.35. The zero-order chi connectivity index (χ0) is 20.4. The van der Waals surface area contributed by atoms with Gasteiger partial charge in [-0.1, -0.05) is 63.3 Å². The van der Waals surface area contributed by atoms with Gasteiger partial charge in [0.15, 0.2) is 0 Å². The highest BCUT2D eigenvalue weighted by Gasteiger charge is 2.36. The molecule has 0 saturated carbocycles. The van der Waals surface area contributed by atoms with Gasteiger partial charge >= 0.3 is 6.09 Å². The molecule has 0 saturated heterocycles. The molecule has 0 aliphatic carbocycles. The Morgan fingerprint density at radius 1 is 1.26 bits per heavy atom. The predicted molar refractivity (Wildman–Crippen MR) is 109 cm³/mol. The maximum absolute atomic E-state index is 12.8. The van der Waals surface area contributed by atoms with E-state index in [-0.39, 0.29) is 24.9 Å². The van der Waals surface area contributed by atoms with Crippen molar-refractivity contribution in [3.63, 3.8) is 0 Å². The molecule has 0 aliphatic heterocycles. The summed E-state index contributed by atoms with van der Waals surface area (Å²) >= 11 is 0. The molecule has 0 heterocycles. The lowest BCUT2D eigenvalue weighted by Crippen LogP contribution is -2.61. The van der Waals surface area contributed by atoms with Crippen LogP contribution in [0.3, 0.4) is 0 Å². The van der Waals surface area contributed by atoms with Crippen molar-refractivity contribution in [2.75, 3.05) is 0 Å². The number of benzene rings is 1. The summed E-state index contributed by atoms with van der Waals surface area (Å²) in [6.07, 6.45) is 1.95. The molecule has 0 fully saturated rings. The van der Waals surface area contributed by atoms with E-state index in [1.165, 1.54) is 0 Å². The Labute approximate surface area is 163 Å². The molecule has 2 N–H and O–H groups in total. The highest BCUT2D eigenvalue weighted by molar-refractivity contribution is 6.60. The fraction of sp³-hybridized carbons (Fsp3) is 0.450. The molecule has 1 rings (SSSR count). The Morgan fingerprint density at radius 3 is 2.37 bits per heavy atom. The topological polar surface area (TPSA) is 84.5 Å². The maximum atomic E-state index is 12.8. The number of hydrogen-bond donors (Lipinski definition) is 2. The summed E-state index contributed by atoms with van der Waals surface area (Å²) in [5.41, 5.74) is 0.862. The van der Waals surface area contributed by atoms with Crippen molar-refractivity contribution >= 4 is 27.1 Å². The lowest BCUT2D eigenvalue weighted by molar-refractivity contribution is -0.125. The lowest BCUT2D eigenvalue weighted by atomic mass is 10.0. The molecule has 7 heteroatoms. The molecule has 0 bridgehead atoms. The van der Waals surface area contributed by atoms with Crippen molar-refractivity contribution in [3.05, 3.63) is 48.6 Å². The van der Waals surface area contributed by atoms with E-state index in [1.54, 1.807) is 6.08 Å². The van der Waals surface area contributed by atoms with Crippen LogP contribution in [0.25, 0.3) is 0 Å². The second-order valence-electron chi connectivity index (χ2n) is 7.19. The average Bonchev–Trinajstić information content (AvgIpc) is 2.64. The highest BCUT2D eigenvalue weighted by Crippen LogP contribution is 2.17. The molecule has 2 amide bonds. The monoisotopic (exact) mass is 390 g/mol. The molecular weight excluding hydrogens is 360 g/mol. The minimum Gasteiger partial charge on any atom is -0.445 e. The highest BCUT2D eigenvalue weighted by atomic mass is 28.3. The SMILES string of the molecule is C=CC(CC=O)(NC(=O)[C@@H](NC(=O)OCc1ccccc1)C(C)C)[SiH](C)C. The number of carbonyl (C=O) groups is 3. The van der Waals surface area contributed by atoms with Gasteiger partial charge in [0.05, 0.1) is 14.0 Å². The van der Waals surface area contributed by atoms with Crippen LogP contribution < -0.4 is 10.6 Å². The van der Waals surface area contributed by atoms with E-state index in [0.717, 1.165) is 11.8 Å². The van der Waals surface area contributed by atoms with Crippen molar-refractivity contribution < 1.29 is 19.1 Å². The van der Waals surface area contributed by atoms with Gasteiger partial charge in [-0.3, -0.25) is 4.79 Å². The van der Waals surface area contributed by atoms with Gasteiger partial charge in [0.1, 0.15) is 18.9 Å². The van der Waals surface area contributed by atoms with E-state index in [2.05, 4.69) is 17.2 Å². The van der Waals surface area contributed by atoms with Crippen molar-refractivity contribution in [1.82, 2.24) is 10.6 Å². The zero-order valence-electron chi connectivity index (χ0n) is 16.5. The number of carbonyl (C=O) groups excluding carboxylic acids is 3. The van der Waals surface area contributed by atoms with Crippen molar-refractivity contribution in [2.45, 2.75) is 51.2 Å². The third-order valence-corrected chi connectivity index (χ3v) is 7.28. The number of amides is 2. The smallest absolute Gasteiger partial charge is 0.408 e. The third kappa shape index (κ3) is 6.67. The molecule has 1 aromatic carbocycles. The van der Waals surface area contributed by atoms with E-state index in [1.807, 2.05) is 57.3 Å². The van der Waals surface area contributed by atoms with E-state index in [0.29, 0.717) is 0 Å². The quantitative estimate of drug-likeness (QED) is 0.365. The molecule has 2 atom stereocenters. The molecule has 0 aliphatic rings. The third-order valence-electron chi connectivity index (χ3n) is 4.61. The van der Waals surface area contributed by atoms with Gasteiger partial charge in [-0.25, -0.2) is 4.79 Å². The number of aldehydes is 1. The van der Waals surface area contributed by atoms with Crippen LogP contribution in [0.15, 0.2) is 43.0 Å². The minimum absolute atomic E-state index is 0.125. The number of alkyl carbamates (subject to hydrolysis) is 1. The van der Waals surface area contributed by atoms with Crippen LogP contribution in [0, 0.1) is 5.92 Å². The first-order valence-corrected chi connectivity index (χ1v) is 12.0. The first-order chi connectivity index (χ1) is 12.8. The molecule has 1 unspecified atom stereocenters. The van der Waals surface area contributed by atoms with Crippen LogP contribution in [0.5, 0.6) is 0 Å². The number of ether oxygens (including phenoxy) is 1. The summed E-state index contributed by atoms with van der Waals surface area (Å²) in [5.74, 6) is -0.494. The summed E-state index contributed by atoms with van der Waals surface area (Å²) in [6, 6.07) is 8.53. The van der Waals surface area contributed by atoms with Gasteiger partial charge in [0, 0.05) is 6.42 Å². The van der Waals surface area contributed by atoms with Crippen molar-refractivity contribution in [1.29, 1.82) is 0 Å². The predicted octanol–water partition coefficient (Wildman–Crippen LogP) is 2.59. The normalized spacial score (nSPS) is 14.1. The van der Waals surface area contributed by atoms with Crippen molar-refractivity contribution in [3.8, 4) is 0 Å². The molecular formula is C20H30N2O4Si. The summed E-state index contributed by atoms with van der Waals surface area (Å²) in [4.78, 5) is 36.1. The van der Waals surface area contributed by atoms with Crippen LogP contribution in [-0.2, 0) is 20.9 Å². The van der Waals surface area contributed by atoms with E-state index in [9.17, 15) is 14.4 Å². The standard InChI is InChI=1S/C20H30N2O4Si/c1-6-20(12-13-23,27(4)5)22-18(24)17(15(2)3)21-19(25)26-14-16-10-8-7-9-11-16/h6-11,13,15,17,27H,1,12,14H2,2-5H3,(H,21,25)(H,22,24)/t17-,20?/m0/s1. The number of hydrogen-bond acceptors (Lipinski definition) is 4. The summed E-state index contributed by atoms with van der Waals surface area (Å²) < 4.78 is 5.21. The summed E-state index contributed by atoms with van der Waals surface area (Å²) in [5, 5.41) is 4.86. The van der Waals surface area contributed by atoms with E-state index < -0.39 is 26.1 Å². The Balaban J connectivity index is 2.78. The second kappa shape index (κ2) is 10.7. The molecule has 1 aromatic rings. The number of rotatable bonds is 10. The van der Waals surface area contributed by atoms with Gasteiger partial charge in [-0.05, 0) is 11.5 Å². The Bertz CT molecular complexity index is 649. The van der Waals surface area contributed by atoms with Crippen LogP contribution in [0.2, 0.25) is 13.1 Å². The summed E-state index contributed by atoms with van der Waals surface area (Å²) in [6.45, 7) is 11.7. The average molecular weight is 391 g/mol. The van der Waals surface area contributed by atoms with E-state index in [4.69, 9.17) is 4.74 Å². The Hall–Kier alpha value is -2.41. The zero-order valence-corrected chi connectivity index (χ0v) is 17.7. The maximum Gasteiger partial charge on any atom is 0.408 e. The van der Waals surface area contributed by atoms with Crippen LogP contribution >= 0.6 is 0 Å². The number of nitrogens with one attached hydrogen (secondary N) is 2. The fourth-order valence-corrected chi connectivity index (χ4v) is 4.14. The first-order valence-electron chi connectivity index (χ1n) is 9.12. The van der Waals surface area contributed by atoms with Gasteiger partial charge in [0.2, 0.25) is 5.91 Å². The fourth-order valence-electron chi connectivity index (χ4n) is 2.67. The minimum atomic E-state index is -1.48. The largest absolute Gasteiger partial charge is 0.445 e. The summed E-state index contributed by atoms with van der Waals surface area (Å²) in [7, 11) is -1.48. The Kier molecular flexibility index (Phi) is 8.94. The van der Waals surface area contributed by atoms with E-state index >= 15 is 0 Å². The first kappa shape index (κ1) is 22.6. The molecule has 6 nitrogen and oxygen atoms in total. The van der Waals surface area contributed by atoms with Gasteiger partial charge < -0.3 is 20.2 Å². The van der Waals surface area contributed by atoms with Gasteiger partial charge in [-0.15, -0.1) is 6.58 Å². The second-order valence-corrected chi connectivity index (χ2v) is 10.5. The molecule has 27 heavy (non-hydrogen) atoms. The molecule has 0 aromatic heterocycles. The van der Waals surface area contributed by atoms with Gasteiger partial charge in [0.25, 0.3) is 0 Å². The van der Waals surface area contributed by atoms with Crippen LogP contribution in [0.1, 0.15) is 25.8 Å². The van der Waals surface area contributed by atoms with Gasteiger partial charge in [-0.2, -0.15) is 0 Å².